The van der Waals surface area contributed by atoms with E-state index in [1.54, 1.807) is 0 Å². The lowest BCUT2D eigenvalue weighted by atomic mass is 10.3. The van der Waals surface area contributed by atoms with Gasteiger partial charge in [0.25, 0.3) is 0 Å². The van der Waals surface area contributed by atoms with Crippen molar-refractivity contribution in [3.8, 4) is 5.88 Å². The van der Waals surface area contributed by atoms with Crippen LogP contribution in [0.2, 0.25) is 0 Å². The van der Waals surface area contributed by atoms with Gasteiger partial charge in [-0.05, 0) is 19.6 Å². The number of nitrogen functional groups attached to an aromatic ring is 1. The maximum absolute atomic E-state index is 5.90. The molecule has 0 aliphatic heterocycles. The van der Waals surface area contributed by atoms with E-state index < -0.39 is 0 Å². The number of ether oxygens (including phenoxy) is 1. The van der Waals surface area contributed by atoms with Gasteiger partial charge in [-0.25, -0.2) is 4.98 Å². The average molecular weight is 256 g/mol. The number of aromatic nitrogens is 2. The fraction of sp³-hybridized carbons (Fsp3) is 0.636. The molecule has 0 saturated heterocycles. The molecule has 0 radical (unpaired) electrons. The molecular weight excluding hydrogens is 236 g/mol. The normalized spacial score (nSPS) is 12.2. The Morgan fingerprint density at radius 1 is 1.53 bits per heavy atom. The summed E-state index contributed by atoms with van der Waals surface area (Å²) in [6, 6.07) is 0. The Kier molecular flexibility index (Phi) is 5.90. The van der Waals surface area contributed by atoms with Gasteiger partial charge in [0.1, 0.15) is 12.0 Å². The number of thioether (sulfide) groups is 1. The van der Waals surface area contributed by atoms with Crippen LogP contribution >= 0.6 is 11.8 Å². The van der Waals surface area contributed by atoms with Gasteiger partial charge in [0.2, 0.25) is 5.88 Å². The Hall–Kier alpha value is -1.17. The van der Waals surface area contributed by atoms with Crippen LogP contribution in [0.5, 0.6) is 5.88 Å². The number of nitrogens with two attached hydrogens (primary N) is 1. The number of hydrogen-bond acceptors (Lipinski definition) is 6. The summed E-state index contributed by atoms with van der Waals surface area (Å²) in [5, 5.41) is 3.83. The van der Waals surface area contributed by atoms with Crippen molar-refractivity contribution in [2.24, 2.45) is 0 Å². The molecule has 1 aromatic rings. The van der Waals surface area contributed by atoms with E-state index in [0.717, 1.165) is 13.0 Å². The number of rotatable bonds is 7. The van der Waals surface area contributed by atoms with Gasteiger partial charge in [-0.15, -0.1) is 0 Å². The second-order valence-corrected chi connectivity index (χ2v) is 4.91. The van der Waals surface area contributed by atoms with Crippen LogP contribution in [0.15, 0.2) is 6.33 Å². The third-order valence-electron chi connectivity index (χ3n) is 2.37. The first-order valence-corrected chi connectivity index (χ1v) is 6.97. The van der Waals surface area contributed by atoms with E-state index in [4.69, 9.17) is 10.5 Å². The zero-order valence-electron chi connectivity index (χ0n) is 10.6. The molecule has 0 aromatic carbocycles. The van der Waals surface area contributed by atoms with E-state index >= 15 is 0 Å². The van der Waals surface area contributed by atoms with Crippen LogP contribution in [-0.2, 0) is 0 Å². The highest BCUT2D eigenvalue weighted by Crippen LogP contribution is 2.24. The summed E-state index contributed by atoms with van der Waals surface area (Å²) in [6.45, 7) is 5.48. The van der Waals surface area contributed by atoms with E-state index in [-0.39, 0.29) is 0 Å². The van der Waals surface area contributed by atoms with Crippen LogP contribution in [0.1, 0.15) is 20.3 Å². The Balaban J connectivity index is 2.56. The lowest BCUT2D eigenvalue weighted by Crippen LogP contribution is -2.11. The van der Waals surface area contributed by atoms with Crippen LogP contribution in [-0.4, -0.2) is 34.6 Å². The maximum Gasteiger partial charge on any atom is 0.242 e. The van der Waals surface area contributed by atoms with Gasteiger partial charge in [0, 0.05) is 11.8 Å². The largest absolute Gasteiger partial charge is 0.476 e. The predicted molar refractivity (Wildman–Crippen MR) is 73.7 cm³/mol. The molecule has 0 aliphatic carbocycles. The van der Waals surface area contributed by atoms with Gasteiger partial charge < -0.3 is 15.8 Å². The van der Waals surface area contributed by atoms with Gasteiger partial charge in [0.15, 0.2) is 5.82 Å². The fourth-order valence-corrected chi connectivity index (χ4v) is 1.64. The molecule has 0 amide bonds. The molecule has 6 heteroatoms. The maximum atomic E-state index is 5.90. The minimum atomic E-state index is 0.447. The molecule has 3 N–H and O–H groups in total. The Bertz CT molecular complexity index is 348. The molecular formula is C11H20N4OS. The van der Waals surface area contributed by atoms with Crippen molar-refractivity contribution >= 4 is 23.3 Å². The molecule has 96 valence electrons. The number of anilines is 2. The first-order chi connectivity index (χ1) is 8.19. The molecule has 1 aromatic heterocycles. The van der Waals surface area contributed by atoms with E-state index in [1.807, 2.05) is 18.7 Å². The van der Waals surface area contributed by atoms with Crippen LogP contribution in [0.4, 0.5) is 11.5 Å². The SMILES string of the molecule is CCOc1ncnc(NCCC(C)SC)c1N. The first-order valence-electron chi connectivity index (χ1n) is 5.69. The van der Waals surface area contributed by atoms with E-state index in [2.05, 4.69) is 28.5 Å². The summed E-state index contributed by atoms with van der Waals surface area (Å²) in [5.74, 6) is 1.10. The highest BCUT2D eigenvalue weighted by molar-refractivity contribution is 7.99. The fourth-order valence-electron chi connectivity index (χ4n) is 1.28. The Morgan fingerprint density at radius 2 is 2.29 bits per heavy atom. The van der Waals surface area contributed by atoms with Crippen LogP contribution in [0.3, 0.4) is 0 Å². The third-order valence-corrected chi connectivity index (χ3v) is 3.41. The predicted octanol–water partition coefficient (Wildman–Crippen LogP) is 2.01. The summed E-state index contributed by atoms with van der Waals surface area (Å²) >= 11 is 1.85. The number of nitrogens with one attached hydrogen (secondary N) is 1. The minimum Gasteiger partial charge on any atom is -0.476 e. The third kappa shape index (κ3) is 4.30. The van der Waals surface area contributed by atoms with E-state index in [0.29, 0.717) is 29.2 Å². The Labute approximate surface area is 107 Å². The quantitative estimate of drug-likeness (QED) is 0.777. The zero-order chi connectivity index (χ0) is 12.7. The Morgan fingerprint density at radius 3 is 2.94 bits per heavy atom. The molecule has 1 atom stereocenters. The molecule has 0 aliphatic rings. The van der Waals surface area contributed by atoms with Crippen molar-refractivity contribution in [2.75, 3.05) is 30.5 Å². The monoisotopic (exact) mass is 256 g/mol. The molecule has 17 heavy (non-hydrogen) atoms. The van der Waals surface area contributed by atoms with Gasteiger partial charge in [0.05, 0.1) is 6.61 Å². The number of nitrogens with zero attached hydrogens (tertiary/aromatic N) is 2. The molecule has 1 heterocycles. The van der Waals surface area contributed by atoms with Gasteiger partial charge in [-0.3, -0.25) is 0 Å². The molecule has 1 unspecified atom stereocenters. The van der Waals surface area contributed by atoms with Gasteiger partial charge >= 0.3 is 0 Å². The second-order valence-electron chi connectivity index (χ2n) is 3.64. The molecule has 0 bridgehead atoms. The first kappa shape index (κ1) is 13.9. The molecule has 5 nitrogen and oxygen atoms in total. The second kappa shape index (κ2) is 7.21. The average Bonchev–Trinajstić information content (AvgIpc) is 2.33. The number of hydrogen-bond donors (Lipinski definition) is 2. The molecule has 0 spiro atoms. The van der Waals surface area contributed by atoms with E-state index in [1.165, 1.54) is 6.33 Å². The summed E-state index contributed by atoms with van der Waals surface area (Å²) < 4.78 is 5.31. The van der Waals surface area contributed by atoms with Crippen molar-refractivity contribution in [1.82, 2.24) is 9.97 Å². The summed E-state index contributed by atoms with van der Waals surface area (Å²) in [5.41, 5.74) is 6.38. The highest BCUT2D eigenvalue weighted by Gasteiger charge is 2.08. The topological polar surface area (TPSA) is 73.1 Å². The zero-order valence-corrected chi connectivity index (χ0v) is 11.4. The van der Waals surface area contributed by atoms with Crippen LogP contribution < -0.4 is 15.8 Å². The summed E-state index contributed by atoms with van der Waals surface area (Å²) in [4.78, 5) is 8.10. The highest BCUT2D eigenvalue weighted by atomic mass is 32.2. The van der Waals surface area contributed by atoms with Crippen molar-refractivity contribution in [3.63, 3.8) is 0 Å². The van der Waals surface area contributed by atoms with E-state index in [9.17, 15) is 0 Å². The van der Waals surface area contributed by atoms with Crippen LogP contribution in [0.25, 0.3) is 0 Å². The smallest absolute Gasteiger partial charge is 0.242 e. The molecule has 1 rings (SSSR count). The van der Waals surface area contributed by atoms with Crippen molar-refractivity contribution in [2.45, 2.75) is 25.5 Å². The van der Waals surface area contributed by atoms with Gasteiger partial charge in [-0.1, -0.05) is 6.92 Å². The lowest BCUT2D eigenvalue weighted by Gasteiger charge is -2.12. The van der Waals surface area contributed by atoms with Crippen LogP contribution in [0, 0.1) is 0 Å². The van der Waals surface area contributed by atoms with Gasteiger partial charge in [-0.2, -0.15) is 16.7 Å². The summed E-state index contributed by atoms with van der Waals surface area (Å²) in [6.07, 6.45) is 4.63. The van der Waals surface area contributed by atoms with Crippen molar-refractivity contribution in [3.05, 3.63) is 6.33 Å². The van der Waals surface area contributed by atoms with Crippen molar-refractivity contribution < 1.29 is 4.74 Å². The van der Waals surface area contributed by atoms with Crippen molar-refractivity contribution in [1.29, 1.82) is 0 Å². The standard InChI is InChI=1S/C11H20N4OS/c1-4-16-11-9(12)10(14-7-15-11)13-6-5-8(2)17-3/h7-8H,4-6,12H2,1-3H3,(H,13,14,15). The summed E-state index contributed by atoms with van der Waals surface area (Å²) in [7, 11) is 0. The molecule has 0 saturated carbocycles. The minimum absolute atomic E-state index is 0.447. The molecule has 0 fully saturated rings. The lowest BCUT2D eigenvalue weighted by molar-refractivity contribution is 0.328.